The maximum absolute atomic E-state index is 12.4. The minimum absolute atomic E-state index is 0.0676. The molecule has 1 saturated heterocycles. The molecule has 0 aliphatic carbocycles. The molecule has 1 rings (SSSR count). The van der Waals surface area contributed by atoms with E-state index >= 15 is 0 Å². The lowest BCUT2D eigenvalue weighted by molar-refractivity contribution is -0.144. The van der Waals surface area contributed by atoms with E-state index in [4.69, 9.17) is 0 Å². The molecule has 0 aromatic rings. The van der Waals surface area contributed by atoms with Crippen molar-refractivity contribution in [2.24, 2.45) is 5.41 Å². The second kappa shape index (κ2) is 5.90. The molecule has 0 aromatic carbocycles. The van der Waals surface area contributed by atoms with Gasteiger partial charge in [-0.15, -0.1) is 0 Å². The molecule has 1 heterocycles. The van der Waals surface area contributed by atoms with Crippen LogP contribution >= 0.6 is 0 Å². The third kappa shape index (κ3) is 4.82. The minimum Gasteiger partial charge on any atom is -0.350 e. The number of nitrogens with one attached hydrogen (secondary N) is 2. The maximum atomic E-state index is 12.4. The summed E-state index contributed by atoms with van der Waals surface area (Å²) in [5.41, 5.74) is -0.596. The molecule has 1 aliphatic rings. The molecule has 19 heavy (non-hydrogen) atoms. The molecule has 0 bridgehead atoms. The Labute approximate surface area is 116 Å². The zero-order valence-electron chi connectivity index (χ0n) is 12.8. The topological polar surface area (TPSA) is 61.4 Å². The number of amides is 2. The Kier molecular flexibility index (Phi) is 4.96. The molecule has 5 nitrogen and oxygen atoms in total. The molecule has 2 amide bonds. The first-order chi connectivity index (χ1) is 8.64. The lowest BCUT2D eigenvalue weighted by Gasteiger charge is -2.36. The summed E-state index contributed by atoms with van der Waals surface area (Å²) in [4.78, 5) is 25.8. The van der Waals surface area contributed by atoms with E-state index in [9.17, 15) is 9.59 Å². The molecule has 110 valence electrons. The Morgan fingerprint density at radius 2 is 1.79 bits per heavy atom. The monoisotopic (exact) mass is 269 g/mol. The number of likely N-dealkylation sites (N-methyl/N-ethyl adjacent to an activating group) is 1. The molecule has 0 aromatic heterocycles. The molecule has 2 N–H and O–H groups in total. The highest BCUT2D eigenvalue weighted by Crippen LogP contribution is 2.29. The molecule has 1 fully saturated rings. The van der Waals surface area contributed by atoms with E-state index in [-0.39, 0.29) is 29.3 Å². The molecule has 0 atom stereocenters. The van der Waals surface area contributed by atoms with Gasteiger partial charge in [-0.3, -0.25) is 9.59 Å². The van der Waals surface area contributed by atoms with E-state index in [0.29, 0.717) is 0 Å². The Balaban J connectivity index is 2.55. The van der Waals surface area contributed by atoms with E-state index in [1.165, 1.54) is 0 Å². The van der Waals surface area contributed by atoms with E-state index in [2.05, 4.69) is 10.6 Å². The van der Waals surface area contributed by atoms with Gasteiger partial charge in [0.25, 0.3) is 0 Å². The van der Waals surface area contributed by atoms with Crippen molar-refractivity contribution >= 4 is 11.8 Å². The van der Waals surface area contributed by atoms with Crippen molar-refractivity contribution in [1.82, 2.24) is 15.5 Å². The molecule has 0 saturated carbocycles. The van der Waals surface area contributed by atoms with Crippen LogP contribution in [0.25, 0.3) is 0 Å². The predicted octanol–water partition coefficient (Wildman–Crippen LogP) is 0.749. The van der Waals surface area contributed by atoms with Gasteiger partial charge in [0.15, 0.2) is 0 Å². The normalized spacial score (nSPS) is 18.8. The maximum Gasteiger partial charge on any atom is 0.240 e. The number of rotatable bonds is 3. The van der Waals surface area contributed by atoms with Gasteiger partial charge in [0, 0.05) is 18.0 Å². The largest absolute Gasteiger partial charge is 0.350 e. The fraction of sp³-hybridized carbons (Fsp3) is 0.857. The fourth-order valence-corrected chi connectivity index (χ4v) is 2.40. The van der Waals surface area contributed by atoms with Crippen LogP contribution in [0.1, 0.15) is 40.5 Å². The van der Waals surface area contributed by atoms with Crippen LogP contribution < -0.4 is 10.6 Å². The highest BCUT2D eigenvalue weighted by molar-refractivity contribution is 5.87. The van der Waals surface area contributed by atoms with Crippen LogP contribution in [0.5, 0.6) is 0 Å². The third-order valence-corrected chi connectivity index (χ3v) is 3.47. The number of hydrogen-bond acceptors (Lipinski definition) is 3. The Bertz CT molecular complexity index is 341. The van der Waals surface area contributed by atoms with Crippen molar-refractivity contribution in [3.05, 3.63) is 0 Å². The Hall–Kier alpha value is -1.10. The van der Waals surface area contributed by atoms with Crippen molar-refractivity contribution in [1.29, 1.82) is 0 Å². The number of hydrogen-bond donors (Lipinski definition) is 2. The van der Waals surface area contributed by atoms with E-state index in [1.807, 2.05) is 27.7 Å². The molecule has 5 heteroatoms. The summed E-state index contributed by atoms with van der Waals surface area (Å²) in [6, 6.07) is 0. The van der Waals surface area contributed by atoms with Crippen LogP contribution in [0.2, 0.25) is 0 Å². The summed E-state index contributed by atoms with van der Waals surface area (Å²) in [5, 5.41) is 6.13. The second-order valence-corrected chi connectivity index (χ2v) is 6.77. The fourth-order valence-electron chi connectivity index (χ4n) is 2.40. The Morgan fingerprint density at radius 1 is 1.26 bits per heavy atom. The third-order valence-electron chi connectivity index (χ3n) is 3.47. The zero-order valence-corrected chi connectivity index (χ0v) is 12.8. The highest BCUT2D eigenvalue weighted by atomic mass is 16.2. The van der Waals surface area contributed by atoms with Crippen LogP contribution in [0.3, 0.4) is 0 Å². The lowest BCUT2D eigenvalue weighted by atomic mass is 9.80. The summed E-state index contributed by atoms with van der Waals surface area (Å²) in [6.07, 6.45) is 1.66. The first kappa shape index (κ1) is 16.0. The molecule has 0 unspecified atom stereocenters. The SMILES string of the molecule is CN(CC(=O)NC(C)(C)C)C(=O)C1(C)CCNCC1. The van der Waals surface area contributed by atoms with Crippen molar-refractivity contribution in [3.8, 4) is 0 Å². The van der Waals surface area contributed by atoms with Crippen molar-refractivity contribution in [2.75, 3.05) is 26.7 Å². The number of nitrogens with zero attached hydrogens (tertiary/aromatic N) is 1. The van der Waals surface area contributed by atoms with E-state index in [0.717, 1.165) is 25.9 Å². The minimum atomic E-state index is -0.331. The standard InChI is InChI=1S/C14H27N3O2/c1-13(2,3)16-11(18)10-17(5)12(19)14(4)6-8-15-9-7-14/h15H,6-10H2,1-5H3,(H,16,18). The summed E-state index contributed by atoms with van der Waals surface area (Å²) >= 11 is 0. The molecule has 0 spiro atoms. The average molecular weight is 269 g/mol. The molecule has 0 radical (unpaired) electrons. The van der Waals surface area contributed by atoms with Crippen molar-refractivity contribution < 1.29 is 9.59 Å². The van der Waals surface area contributed by atoms with Gasteiger partial charge in [0.1, 0.15) is 0 Å². The van der Waals surface area contributed by atoms with Gasteiger partial charge in [0.2, 0.25) is 11.8 Å². The predicted molar refractivity (Wildman–Crippen MR) is 75.7 cm³/mol. The van der Waals surface area contributed by atoms with Gasteiger partial charge in [-0.2, -0.15) is 0 Å². The van der Waals surface area contributed by atoms with Gasteiger partial charge in [0.05, 0.1) is 6.54 Å². The summed E-state index contributed by atoms with van der Waals surface area (Å²) in [5.74, 6) is -0.0426. The van der Waals surface area contributed by atoms with Crippen LogP contribution in [0, 0.1) is 5.41 Å². The summed E-state index contributed by atoms with van der Waals surface area (Å²) in [7, 11) is 1.71. The van der Waals surface area contributed by atoms with Gasteiger partial charge in [-0.1, -0.05) is 6.92 Å². The molecular weight excluding hydrogens is 242 g/mol. The number of carbonyl (C=O) groups is 2. The van der Waals surface area contributed by atoms with Gasteiger partial charge >= 0.3 is 0 Å². The highest BCUT2D eigenvalue weighted by Gasteiger charge is 2.37. The van der Waals surface area contributed by atoms with Gasteiger partial charge in [-0.25, -0.2) is 0 Å². The Morgan fingerprint density at radius 3 is 2.26 bits per heavy atom. The van der Waals surface area contributed by atoms with E-state index in [1.54, 1.807) is 11.9 Å². The summed E-state index contributed by atoms with van der Waals surface area (Å²) in [6.45, 7) is 9.64. The van der Waals surface area contributed by atoms with Crippen molar-refractivity contribution in [3.63, 3.8) is 0 Å². The second-order valence-electron chi connectivity index (χ2n) is 6.77. The van der Waals surface area contributed by atoms with Gasteiger partial charge in [-0.05, 0) is 46.7 Å². The van der Waals surface area contributed by atoms with Crippen LogP contribution in [-0.4, -0.2) is 48.9 Å². The smallest absolute Gasteiger partial charge is 0.240 e. The zero-order chi connectivity index (χ0) is 14.7. The van der Waals surface area contributed by atoms with Crippen molar-refractivity contribution in [2.45, 2.75) is 46.1 Å². The van der Waals surface area contributed by atoms with Gasteiger partial charge < -0.3 is 15.5 Å². The first-order valence-corrected chi connectivity index (χ1v) is 6.91. The first-order valence-electron chi connectivity index (χ1n) is 6.91. The number of piperidine rings is 1. The quantitative estimate of drug-likeness (QED) is 0.795. The van der Waals surface area contributed by atoms with E-state index < -0.39 is 0 Å². The van der Waals surface area contributed by atoms with Crippen LogP contribution in [0.4, 0.5) is 0 Å². The van der Waals surface area contributed by atoms with Crippen LogP contribution in [0.15, 0.2) is 0 Å². The molecular formula is C14H27N3O2. The molecule has 1 aliphatic heterocycles. The summed E-state index contributed by atoms with van der Waals surface area (Å²) < 4.78 is 0. The average Bonchev–Trinajstić information content (AvgIpc) is 2.26. The lowest BCUT2D eigenvalue weighted by Crippen LogP contribution is -2.51. The van der Waals surface area contributed by atoms with Crippen LogP contribution in [-0.2, 0) is 9.59 Å². The number of carbonyl (C=O) groups excluding carboxylic acids is 2.